The Labute approximate surface area is 113 Å². The fraction of sp³-hybridized carbons (Fsp3) is 0.562. The SMILES string of the molecule is N#CC1(C2(O)CCCCC2)COc2ccccc2C1. The number of fused-ring (bicyclic) bond motifs is 1. The molecule has 1 heterocycles. The summed E-state index contributed by atoms with van der Waals surface area (Å²) in [5, 5.41) is 20.7. The summed E-state index contributed by atoms with van der Waals surface area (Å²) >= 11 is 0. The van der Waals surface area contributed by atoms with E-state index in [4.69, 9.17) is 4.74 Å². The quantitative estimate of drug-likeness (QED) is 0.841. The first kappa shape index (κ1) is 12.5. The molecule has 1 N–H and O–H groups in total. The van der Waals surface area contributed by atoms with Gasteiger partial charge in [-0.3, -0.25) is 0 Å². The molecule has 3 nitrogen and oxygen atoms in total. The molecule has 1 unspecified atom stereocenters. The summed E-state index contributed by atoms with van der Waals surface area (Å²) in [5.41, 5.74) is -0.649. The molecular weight excluding hydrogens is 238 g/mol. The lowest BCUT2D eigenvalue weighted by atomic mass is 9.63. The van der Waals surface area contributed by atoms with Crippen LogP contribution in [0.5, 0.6) is 5.75 Å². The number of benzene rings is 1. The first-order chi connectivity index (χ1) is 9.19. The minimum absolute atomic E-state index is 0.303. The van der Waals surface area contributed by atoms with Crippen LogP contribution in [0.25, 0.3) is 0 Å². The molecule has 0 radical (unpaired) electrons. The van der Waals surface area contributed by atoms with Gasteiger partial charge in [0.2, 0.25) is 0 Å². The molecular formula is C16H19NO2. The number of nitrogens with zero attached hydrogens (tertiary/aromatic N) is 1. The van der Waals surface area contributed by atoms with Crippen LogP contribution in [0.4, 0.5) is 0 Å². The first-order valence-electron chi connectivity index (χ1n) is 7.04. The van der Waals surface area contributed by atoms with E-state index in [1.165, 1.54) is 0 Å². The highest BCUT2D eigenvalue weighted by Gasteiger charge is 2.53. The van der Waals surface area contributed by atoms with Crippen molar-refractivity contribution in [3.63, 3.8) is 0 Å². The third-order valence-corrected chi connectivity index (χ3v) is 4.72. The molecule has 0 amide bonds. The van der Waals surface area contributed by atoms with Gasteiger partial charge < -0.3 is 9.84 Å². The lowest BCUT2D eigenvalue weighted by molar-refractivity contribution is -0.103. The highest BCUT2D eigenvalue weighted by molar-refractivity contribution is 5.38. The van der Waals surface area contributed by atoms with Crippen molar-refractivity contribution in [3.05, 3.63) is 29.8 Å². The second kappa shape index (κ2) is 4.54. The van der Waals surface area contributed by atoms with Gasteiger partial charge in [0.05, 0.1) is 11.7 Å². The van der Waals surface area contributed by atoms with Gasteiger partial charge in [-0.15, -0.1) is 0 Å². The number of hydrogen-bond acceptors (Lipinski definition) is 3. The Morgan fingerprint density at radius 1 is 1.16 bits per heavy atom. The van der Waals surface area contributed by atoms with Crippen LogP contribution in [0.2, 0.25) is 0 Å². The maximum absolute atomic E-state index is 11.0. The van der Waals surface area contributed by atoms with Gasteiger partial charge in [-0.25, -0.2) is 0 Å². The van der Waals surface area contributed by atoms with Crippen LogP contribution in [0, 0.1) is 16.7 Å². The van der Waals surface area contributed by atoms with E-state index in [1.807, 2.05) is 24.3 Å². The third-order valence-electron chi connectivity index (χ3n) is 4.72. The number of hydrogen-bond donors (Lipinski definition) is 1. The summed E-state index contributed by atoms with van der Waals surface area (Å²) in [5.74, 6) is 0.854. The summed E-state index contributed by atoms with van der Waals surface area (Å²) in [6, 6.07) is 10.2. The molecule has 0 spiro atoms. The van der Waals surface area contributed by atoms with E-state index in [2.05, 4.69) is 6.07 Å². The molecule has 3 rings (SSSR count). The highest BCUT2D eigenvalue weighted by Crippen LogP contribution is 2.47. The Hall–Kier alpha value is -1.53. The van der Waals surface area contributed by atoms with Crippen molar-refractivity contribution >= 4 is 0 Å². The Bertz CT molecular complexity index is 514. The molecule has 1 aliphatic carbocycles. The topological polar surface area (TPSA) is 53.2 Å². The lowest BCUT2D eigenvalue weighted by Crippen LogP contribution is -2.54. The molecule has 2 aliphatic rings. The van der Waals surface area contributed by atoms with Crippen molar-refractivity contribution in [2.45, 2.75) is 44.1 Å². The van der Waals surface area contributed by atoms with E-state index in [0.29, 0.717) is 25.9 Å². The molecule has 1 saturated carbocycles. The summed E-state index contributed by atoms with van der Waals surface area (Å²) < 4.78 is 5.77. The molecule has 0 saturated heterocycles. The maximum atomic E-state index is 11.0. The maximum Gasteiger partial charge on any atom is 0.124 e. The van der Waals surface area contributed by atoms with Gasteiger partial charge >= 0.3 is 0 Å². The second-order valence-electron chi connectivity index (χ2n) is 5.86. The van der Waals surface area contributed by atoms with Crippen LogP contribution in [-0.4, -0.2) is 17.3 Å². The van der Waals surface area contributed by atoms with Crippen molar-refractivity contribution in [2.24, 2.45) is 5.41 Å². The van der Waals surface area contributed by atoms with Gasteiger partial charge in [-0.2, -0.15) is 5.26 Å². The van der Waals surface area contributed by atoms with Crippen molar-refractivity contribution in [2.75, 3.05) is 6.61 Å². The number of ether oxygens (including phenoxy) is 1. The van der Waals surface area contributed by atoms with Gasteiger partial charge in [-0.1, -0.05) is 37.5 Å². The minimum atomic E-state index is -0.895. The molecule has 1 atom stereocenters. The zero-order valence-corrected chi connectivity index (χ0v) is 11.1. The average Bonchev–Trinajstić information content (AvgIpc) is 2.47. The molecule has 100 valence electrons. The van der Waals surface area contributed by atoms with Crippen LogP contribution >= 0.6 is 0 Å². The number of para-hydroxylation sites is 1. The van der Waals surface area contributed by atoms with E-state index in [0.717, 1.165) is 30.6 Å². The summed E-state index contributed by atoms with van der Waals surface area (Å²) in [6.07, 6.45) is 5.18. The van der Waals surface area contributed by atoms with Gasteiger partial charge in [0.1, 0.15) is 17.8 Å². The van der Waals surface area contributed by atoms with E-state index in [-0.39, 0.29) is 0 Å². The second-order valence-corrected chi connectivity index (χ2v) is 5.86. The minimum Gasteiger partial charge on any atom is -0.492 e. The smallest absolute Gasteiger partial charge is 0.124 e. The summed E-state index contributed by atoms with van der Waals surface area (Å²) in [7, 11) is 0. The fourth-order valence-electron chi connectivity index (χ4n) is 3.46. The van der Waals surface area contributed by atoms with E-state index < -0.39 is 11.0 Å². The number of aliphatic hydroxyl groups is 1. The normalized spacial score (nSPS) is 28.8. The predicted octanol–water partition coefficient (Wildman–Crippen LogP) is 2.83. The number of nitriles is 1. The summed E-state index contributed by atoms with van der Waals surface area (Å²) in [6.45, 7) is 0.303. The molecule has 0 bridgehead atoms. The number of rotatable bonds is 1. The van der Waals surface area contributed by atoms with Crippen molar-refractivity contribution < 1.29 is 9.84 Å². The molecule has 1 aliphatic heterocycles. The van der Waals surface area contributed by atoms with E-state index in [1.54, 1.807) is 0 Å². The summed E-state index contributed by atoms with van der Waals surface area (Å²) in [4.78, 5) is 0. The zero-order chi connectivity index (χ0) is 13.3. The standard InChI is InChI=1S/C16H19NO2/c17-11-15(16(18)8-4-1-5-9-16)10-13-6-2-3-7-14(13)19-12-15/h2-3,6-7,18H,1,4-5,8-10,12H2. The van der Waals surface area contributed by atoms with Crippen molar-refractivity contribution in [3.8, 4) is 11.8 Å². The molecule has 1 fully saturated rings. The lowest BCUT2D eigenvalue weighted by Gasteiger charge is -2.46. The van der Waals surface area contributed by atoms with Crippen LogP contribution in [0.15, 0.2) is 24.3 Å². The van der Waals surface area contributed by atoms with Crippen LogP contribution in [0.3, 0.4) is 0 Å². The van der Waals surface area contributed by atoms with Gasteiger partial charge in [0.15, 0.2) is 0 Å². The van der Waals surface area contributed by atoms with Gasteiger partial charge in [0, 0.05) is 6.42 Å². The molecule has 1 aromatic carbocycles. The van der Waals surface area contributed by atoms with Crippen LogP contribution in [-0.2, 0) is 6.42 Å². The molecule has 3 heteroatoms. The molecule has 1 aromatic rings. The zero-order valence-electron chi connectivity index (χ0n) is 11.1. The van der Waals surface area contributed by atoms with E-state index >= 15 is 0 Å². The highest BCUT2D eigenvalue weighted by atomic mass is 16.5. The fourth-order valence-corrected chi connectivity index (χ4v) is 3.46. The van der Waals surface area contributed by atoms with Gasteiger partial charge in [-0.05, 0) is 24.5 Å². The Balaban J connectivity index is 1.96. The Morgan fingerprint density at radius 3 is 2.63 bits per heavy atom. The van der Waals surface area contributed by atoms with Crippen molar-refractivity contribution in [1.29, 1.82) is 5.26 Å². The van der Waals surface area contributed by atoms with Gasteiger partial charge in [0.25, 0.3) is 0 Å². The van der Waals surface area contributed by atoms with E-state index in [9.17, 15) is 10.4 Å². The van der Waals surface area contributed by atoms with Crippen molar-refractivity contribution in [1.82, 2.24) is 0 Å². The van der Waals surface area contributed by atoms with Crippen LogP contribution < -0.4 is 4.74 Å². The Kier molecular flexibility index (Phi) is 2.99. The third kappa shape index (κ3) is 1.91. The average molecular weight is 257 g/mol. The molecule has 19 heavy (non-hydrogen) atoms. The monoisotopic (exact) mass is 257 g/mol. The largest absolute Gasteiger partial charge is 0.492 e. The van der Waals surface area contributed by atoms with Crippen LogP contribution in [0.1, 0.15) is 37.7 Å². The Morgan fingerprint density at radius 2 is 1.89 bits per heavy atom. The molecule has 0 aromatic heterocycles. The first-order valence-corrected chi connectivity index (χ1v) is 7.04. The predicted molar refractivity (Wildman–Crippen MR) is 71.7 cm³/mol.